The third kappa shape index (κ3) is 3.11. The molecule has 3 rings (SSSR count). The van der Waals surface area contributed by atoms with Crippen molar-refractivity contribution in [3.05, 3.63) is 24.3 Å². The Morgan fingerprint density at radius 2 is 2.24 bits per heavy atom. The fourth-order valence-corrected chi connectivity index (χ4v) is 2.41. The van der Waals surface area contributed by atoms with Crippen LogP contribution in [-0.2, 0) is 4.74 Å². The van der Waals surface area contributed by atoms with Crippen molar-refractivity contribution in [3.8, 4) is 22.8 Å². The smallest absolute Gasteiger partial charge is 0.162 e. The third-order valence-corrected chi connectivity index (χ3v) is 3.48. The van der Waals surface area contributed by atoms with Crippen molar-refractivity contribution in [2.24, 2.45) is 0 Å². The second-order valence-electron chi connectivity index (χ2n) is 5.03. The van der Waals surface area contributed by atoms with E-state index in [4.69, 9.17) is 19.9 Å². The highest BCUT2D eigenvalue weighted by Gasteiger charge is 2.18. The maximum absolute atomic E-state index is 6.03. The number of ether oxygens (including phenoxy) is 3. The summed E-state index contributed by atoms with van der Waals surface area (Å²) in [5.74, 6) is 1.87. The van der Waals surface area contributed by atoms with Crippen molar-refractivity contribution in [1.82, 2.24) is 10.2 Å². The molecule has 6 heteroatoms. The van der Waals surface area contributed by atoms with Gasteiger partial charge in [0.2, 0.25) is 0 Å². The van der Waals surface area contributed by atoms with Crippen LogP contribution in [0.3, 0.4) is 0 Å². The highest BCUT2D eigenvalue weighted by molar-refractivity contribution is 5.65. The number of hydrogen-bond acceptors (Lipinski definition) is 5. The Morgan fingerprint density at radius 3 is 2.90 bits per heavy atom. The fraction of sp³-hybridized carbons (Fsp3) is 0.400. The second kappa shape index (κ2) is 6.05. The lowest BCUT2D eigenvalue weighted by molar-refractivity contribution is 0.00646. The van der Waals surface area contributed by atoms with E-state index in [9.17, 15) is 0 Å². The van der Waals surface area contributed by atoms with Gasteiger partial charge in [-0.2, -0.15) is 5.10 Å². The van der Waals surface area contributed by atoms with Crippen LogP contribution in [-0.4, -0.2) is 36.6 Å². The summed E-state index contributed by atoms with van der Waals surface area (Å²) < 4.78 is 16.8. The van der Waals surface area contributed by atoms with E-state index in [1.165, 1.54) is 0 Å². The van der Waals surface area contributed by atoms with Crippen LogP contribution < -0.4 is 15.2 Å². The normalized spacial score (nSPS) is 18.4. The van der Waals surface area contributed by atoms with E-state index in [0.717, 1.165) is 30.7 Å². The molecule has 1 aromatic carbocycles. The Balaban J connectivity index is 1.86. The van der Waals surface area contributed by atoms with E-state index in [1.54, 1.807) is 13.2 Å². The fourth-order valence-electron chi connectivity index (χ4n) is 2.41. The second-order valence-corrected chi connectivity index (χ2v) is 5.03. The Bertz CT molecular complexity index is 606. The molecule has 0 bridgehead atoms. The number of nitrogens with one attached hydrogen (secondary N) is 1. The highest BCUT2D eigenvalue weighted by atomic mass is 16.5. The van der Waals surface area contributed by atoms with Crippen molar-refractivity contribution >= 4 is 5.82 Å². The molecule has 0 amide bonds. The van der Waals surface area contributed by atoms with E-state index in [0.29, 0.717) is 23.9 Å². The van der Waals surface area contributed by atoms with Crippen LogP contribution in [0.15, 0.2) is 24.3 Å². The van der Waals surface area contributed by atoms with Crippen molar-refractivity contribution < 1.29 is 14.2 Å². The largest absolute Gasteiger partial charge is 0.493 e. The van der Waals surface area contributed by atoms with Crippen LogP contribution in [0, 0.1) is 0 Å². The van der Waals surface area contributed by atoms with Crippen molar-refractivity contribution in [3.63, 3.8) is 0 Å². The number of methoxy groups -OCH3 is 1. The lowest BCUT2D eigenvalue weighted by atomic mass is 10.1. The van der Waals surface area contributed by atoms with Crippen LogP contribution >= 0.6 is 0 Å². The van der Waals surface area contributed by atoms with Crippen LogP contribution in [0.1, 0.15) is 12.8 Å². The molecule has 1 fully saturated rings. The molecule has 2 aromatic rings. The molecule has 1 aliphatic heterocycles. The van der Waals surface area contributed by atoms with E-state index in [-0.39, 0.29) is 6.10 Å². The molecular formula is C15H19N3O3. The molecular weight excluding hydrogens is 270 g/mol. The predicted molar refractivity (Wildman–Crippen MR) is 79.5 cm³/mol. The SMILES string of the molecule is COc1ccc(-c2cc(N)n[nH]2)cc1OC1CCCOC1. The molecule has 1 atom stereocenters. The number of nitrogens with two attached hydrogens (primary N) is 1. The minimum Gasteiger partial charge on any atom is -0.493 e. The highest BCUT2D eigenvalue weighted by Crippen LogP contribution is 2.33. The van der Waals surface area contributed by atoms with Gasteiger partial charge in [-0.1, -0.05) is 0 Å². The molecule has 0 saturated carbocycles. The van der Waals surface area contributed by atoms with Gasteiger partial charge in [-0.3, -0.25) is 5.10 Å². The summed E-state index contributed by atoms with van der Waals surface area (Å²) in [6, 6.07) is 7.54. The summed E-state index contributed by atoms with van der Waals surface area (Å²) in [5.41, 5.74) is 7.44. The van der Waals surface area contributed by atoms with Crippen molar-refractivity contribution in [2.45, 2.75) is 18.9 Å². The van der Waals surface area contributed by atoms with Crippen LogP contribution in [0.5, 0.6) is 11.5 Å². The monoisotopic (exact) mass is 289 g/mol. The standard InChI is InChI=1S/C15H19N3O3/c1-19-13-5-4-10(12-8-15(16)18-17-12)7-14(13)21-11-3-2-6-20-9-11/h4-5,7-8,11H,2-3,6,9H2,1H3,(H3,16,17,18). The van der Waals surface area contributed by atoms with Gasteiger partial charge < -0.3 is 19.9 Å². The Hall–Kier alpha value is -2.21. The molecule has 2 heterocycles. The van der Waals surface area contributed by atoms with E-state index in [2.05, 4.69) is 10.2 Å². The average Bonchev–Trinajstić information content (AvgIpc) is 2.95. The predicted octanol–water partition coefficient (Wildman–Crippen LogP) is 2.23. The average molecular weight is 289 g/mol. The first-order valence-corrected chi connectivity index (χ1v) is 7.00. The molecule has 1 aliphatic rings. The number of H-pyrrole nitrogens is 1. The van der Waals surface area contributed by atoms with Gasteiger partial charge in [0.05, 0.1) is 19.4 Å². The van der Waals surface area contributed by atoms with Gasteiger partial charge in [0, 0.05) is 18.2 Å². The van der Waals surface area contributed by atoms with E-state index in [1.807, 2.05) is 18.2 Å². The van der Waals surface area contributed by atoms with Gasteiger partial charge in [-0.05, 0) is 31.0 Å². The number of benzene rings is 1. The summed E-state index contributed by atoms with van der Waals surface area (Å²) in [6.07, 6.45) is 2.07. The molecule has 21 heavy (non-hydrogen) atoms. The van der Waals surface area contributed by atoms with Gasteiger partial charge >= 0.3 is 0 Å². The zero-order chi connectivity index (χ0) is 14.7. The van der Waals surface area contributed by atoms with Crippen molar-refractivity contribution in [1.29, 1.82) is 0 Å². The molecule has 1 aromatic heterocycles. The maximum atomic E-state index is 6.03. The Morgan fingerprint density at radius 1 is 1.33 bits per heavy atom. The molecule has 0 aliphatic carbocycles. The lowest BCUT2D eigenvalue weighted by Gasteiger charge is -2.24. The lowest BCUT2D eigenvalue weighted by Crippen LogP contribution is -2.28. The zero-order valence-electron chi connectivity index (χ0n) is 12.0. The Kier molecular flexibility index (Phi) is 3.96. The number of hydrogen-bond donors (Lipinski definition) is 2. The molecule has 112 valence electrons. The number of aromatic amines is 1. The molecule has 1 saturated heterocycles. The minimum absolute atomic E-state index is 0.0646. The number of rotatable bonds is 4. The number of nitrogen functional groups attached to an aromatic ring is 1. The van der Waals surface area contributed by atoms with Crippen LogP contribution in [0.4, 0.5) is 5.82 Å². The first-order valence-electron chi connectivity index (χ1n) is 7.00. The first-order chi connectivity index (χ1) is 10.3. The van der Waals surface area contributed by atoms with Gasteiger partial charge in [0.15, 0.2) is 11.5 Å². The van der Waals surface area contributed by atoms with E-state index < -0.39 is 0 Å². The third-order valence-electron chi connectivity index (χ3n) is 3.48. The first kappa shape index (κ1) is 13.8. The summed E-state index contributed by atoms with van der Waals surface area (Å²) in [6.45, 7) is 1.43. The summed E-state index contributed by atoms with van der Waals surface area (Å²) in [4.78, 5) is 0. The topological polar surface area (TPSA) is 82.4 Å². The van der Waals surface area contributed by atoms with E-state index >= 15 is 0 Å². The van der Waals surface area contributed by atoms with Crippen molar-refractivity contribution in [2.75, 3.05) is 26.1 Å². The quantitative estimate of drug-likeness (QED) is 0.902. The molecule has 0 spiro atoms. The Labute approximate surface area is 123 Å². The number of nitrogens with zero attached hydrogens (tertiary/aromatic N) is 1. The summed E-state index contributed by atoms with van der Waals surface area (Å²) >= 11 is 0. The van der Waals surface area contributed by atoms with Gasteiger partial charge in [0.25, 0.3) is 0 Å². The maximum Gasteiger partial charge on any atom is 0.162 e. The van der Waals surface area contributed by atoms with Gasteiger partial charge in [-0.25, -0.2) is 0 Å². The zero-order valence-corrected chi connectivity index (χ0v) is 12.0. The number of aromatic nitrogens is 2. The summed E-state index contributed by atoms with van der Waals surface area (Å²) in [5, 5.41) is 6.84. The molecule has 6 nitrogen and oxygen atoms in total. The summed E-state index contributed by atoms with van der Waals surface area (Å²) in [7, 11) is 1.63. The number of anilines is 1. The van der Waals surface area contributed by atoms with Gasteiger partial charge in [0.1, 0.15) is 11.9 Å². The molecule has 0 radical (unpaired) electrons. The molecule has 1 unspecified atom stereocenters. The van der Waals surface area contributed by atoms with Gasteiger partial charge in [-0.15, -0.1) is 0 Å². The minimum atomic E-state index is 0.0646. The molecule has 3 N–H and O–H groups in total. The van der Waals surface area contributed by atoms with Crippen LogP contribution in [0.2, 0.25) is 0 Å². The van der Waals surface area contributed by atoms with Crippen LogP contribution in [0.25, 0.3) is 11.3 Å².